The van der Waals surface area contributed by atoms with Gasteiger partial charge in [-0.3, -0.25) is 9.36 Å². The molecule has 2 heterocycles. The summed E-state index contributed by atoms with van der Waals surface area (Å²) in [6.45, 7) is 2.96. The maximum absolute atomic E-state index is 13.2. The largest absolute Gasteiger partial charge is 0.383 e. The van der Waals surface area contributed by atoms with Gasteiger partial charge in [-0.05, 0) is 24.6 Å². The molecule has 0 aliphatic rings. The lowest BCUT2D eigenvalue weighted by atomic mass is 10.1. The van der Waals surface area contributed by atoms with Crippen LogP contribution in [0.1, 0.15) is 11.1 Å². The zero-order chi connectivity index (χ0) is 20.4. The molecule has 0 spiro atoms. The van der Waals surface area contributed by atoms with E-state index in [0.717, 1.165) is 11.1 Å². The standard InChI is InChI=1S/C22H22N4O3/c1-16-7-6-8-17(13-16)14-24-15-23-20-19(24)21(27)25(11-12-29-2)22(28)26(20)18-9-4-3-5-10-18/h3-10,13,15H,11-12,14H2,1-2H3. The van der Waals surface area contributed by atoms with Crippen LogP contribution in [0.5, 0.6) is 0 Å². The van der Waals surface area contributed by atoms with Crippen LogP contribution in [0.2, 0.25) is 0 Å². The number of hydrogen-bond donors (Lipinski definition) is 0. The molecule has 7 heteroatoms. The van der Waals surface area contributed by atoms with Crippen LogP contribution >= 0.6 is 0 Å². The highest BCUT2D eigenvalue weighted by Crippen LogP contribution is 2.15. The number of hydrogen-bond acceptors (Lipinski definition) is 4. The topological polar surface area (TPSA) is 71.1 Å². The van der Waals surface area contributed by atoms with E-state index in [1.54, 1.807) is 18.0 Å². The fraction of sp³-hybridized carbons (Fsp3) is 0.227. The molecule has 4 aromatic rings. The van der Waals surface area contributed by atoms with E-state index in [9.17, 15) is 9.59 Å². The summed E-state index contributed by atoms with van der Waals surface area (Å²) in [6.07, 6.45) is 1.62. The van der Waals surface area contributed by atoms with Gasteiger partial charge in [-0.25, -0.2) is 14.3 Å². The molecule has 29 heavy (non-hydrogen) atoms. The van der Waals surface area contributed by atoms with Crippen LogP contribution in [0, 0.1) is 6.92 Å². The zero-order valence-electron chi connectivity index (χ0n) is 16.4. The molecular formula is C22H22N4O3. The number of rotatable bonds is 6. The van der Waals surface area contributed by atoms with Gasteiger partial charge in [0.25, 0.3) is 5.56 Å². The van der Waals surface area contributed by atoms with Crippen molar-refractivity contribution in [1.82, 2.24) is 18.7 Å². The minimum atomic E-state index is -0.424. The van der Waals surface area contributed by atoms with Crippen LogP contribution in [0.25, 0.3) is 16.9 Å². The molecule has 0 unspecified atom stereocenters. The molecule has 4 rings (SSSR count). The molecule has 0 saturated heterocycles. The smallest absolute Gasteiger partial charge is 0.337 e. The zero-order valence-corrected chi connectivity index (χ0v) is 16.4. The fourth-order valence-corrected chi connectivity index (χ4v) is 3.50. The molecular weight excluding hydrogens is 368 g/mol. The van der Waals surface area contributed by atoms with Gasteiger partial charge in [-0.15, -0.1) is 0 Å². The number of aryl methyl sites for hydroxylation is 1. The number of ether oxygens (including phenoxy) is 1. The molecule has 2 aromatic heterocycles. The molecule has 0 saturated carbocycles. The Labute approximate surface area is 167 Å². The third kappa shape index (κ3) is 3.52. The Morgan fingerprint density at radius 1 is 1.03 bits per heavy atom. The van der Waals surface area contributed by atoms with Gasteiger partial charge in [0.2, 0.25) is 0 Å². The van der Waals surface area contributed by atoms with Crippen molar-refractivity contribution in [2.24, 2.45) is 0 Å². The van der Waals surface area contributed by atoms with E-state index in [2.05, 4.69) is 11.1 Å². The van der Waals surface area contributed by atoms with Crippen LogP contribution in [-0.4, -0.2) is 32.4 Å². The first-order chi connectivity index (χ1) is 14.1. The average molecular weight is 390 g/mol. The van der Waals surface area contributed by atoms with Gasteiger partial charge in [0.05, 0.1) is 25.2 Å². The van der Waals surface area contributed by atoms with Crippen molar-refractivity contribution in [2.45, 2.75) is 20.0 Å². The molecule has 0 bridgehead atoms. The lowest BCUT2D eigenvalue weighted by Gasteiger charge is -2.12. The van der Waals surface area contributed by atoms with E-state index in [1.807, 2.05) is 55.5 Å². The number of methoxy groups -OCH3 is 1. The van der Waals surface area contributed by atoms with Gasteiger partial charge in [-0.2, -0.15) is 0 Å². The first kappa shape index (κ1) is 18.9. The lowest BCUT2D eigenvalue weighted by molar-refractivity contribution is 0.184. The third-order valence-electron chi connectivity index (χ3n) is 4.87. The van der Waals surface area contributed by atoms with E-state index in [-0.39, 0.29) is 18.7 Å². The van der Waals surface area contributed by atoms with E-state index in [0.29, 0.717) is 23.4 Å². The summed E-state index contributed by atoms with van der Waals surface area (Å²) in [6, 6.07) is 17.3. The Morgan fingerprint density at radius 2 is 1.83 bits per heavy atom. The second-order valence-corrected chi connectivity index (χ2v) is 6.94. The number of imidazole rings is 1. The van der Waals surface area contributed by atoms with Gasteiger partial charge >= 0.3 is 5.69 Å². The van der Waals surface area contributed by atoms with E-state index in [4.69, 9.17) is 4.74 Å². The van der Waals surface area contributed by atoms with Crippen LogP contribution in [0.4, 0.5) is 0 Å². The van der Waals surface area contributed by atoms with Gasteiger partial charge in [0, 0.05) is 13.7 Å². The molecule has 0 aliphatic heterocycles. The van der Waals surface area contributed by atoms with Gasteiger partial charge in [0.15, 0.2) is 11.2 Å². The summed E-state index contributed by atoms with van der Waals surface area (Å²) < 4.78 is 9.60. The second kappa shape index (κ2) is 7.89. The summed E-state index contributed by atoms with van der Waals surface area (Å²) >= 11 is 0. The molecule has 148 valence electrons. The van der Waals surface area contributed by atoms with Gasteiger partial charge < -0.3 is 9.30 Å². The minimum Gasteiger partial charge on any atom is -0.383 e. The Balaban J connectivity index is 1.97. The summed E-state index contributed by atoms with van der Waals surface area (Å²) in [5.41, 5.74) is 2.83. The minimum absolute atomic E-state index is 0.173. The van der Waals surface area contributed by atoms with E-state index < -0.39 is 5.69 Å². The second-order valence-electron chi connectivity index (χ2n) is 6.94. The van der Waals surface area contributed by atoms with Crippen LogP contribution in [-0.2, 0) is 17.8 Å². The molecule has 0 aliphatic carbocycles. The number of nitrogens with zero attached hydrogens (tertiary/aromatic N) is 4. The highest BCUT2D eigenvalue weighted by molar-refractivity contribution is 5.72. The lowest BCUT2D eigenvalue weighted by Crippen LogP contribution is -2.41. The van der Waals surface area contributed by atoms with E-state index in [1.165, 1.54) is 9.13 Å². The molecule has 0 amide bonds. The van der Waals surface area contributed by atoms with Crippen LogP contribution in [0.3, 0.4) is 0 Å². The number of para-hydroxylation sites is 1. The molecule has 0 fully saturated rings. The Bertz CT molecular complexity index is 1270. The first-order valence-corrected chi connectivity index (χ1v) is 9.40. The van der Waals surface area contributed by atoms with Gasteiger partial charge in [-0.1, -0.05) is 48.0 Å². The number of benzene rings is 2. The number of fused-ring (bicyclic) bond motifs is 1. The van der Waals surface area contributed by atoms with Crippen molar-refractivity contribution in [1.29, 1.82) is 0 Å². The average Bonchev–Trinajstić information content (AvgIpc) is 3.12. The molecule has 0 radical (unpaired) electrons. The van der Waals surface area contributed by atoms with Crippen molar-refractivity contribution in [3.63, 3.8) is 0 Å². The van der Waals surface area contributed by atoms with Crippen molar-refractivity contribution < 1.29 is 4.74 Å². The molecule has 0 N–H and O–H groups in total. The maximum Gasteiger partial charge on any atom is 0.337 e. The molecule has 0 atom stereocenters. The normalized spacial score (nSPS) is 11.2. The van der Waals surface area contributed by atoms with Crippen molar-refractivity contribution in [3.05, 3.63) is 92.9 Å². The molecule has 2 aromatic carbocycles. The first-order valence-electron chi connectivity index (χ1n) is 9.40. The monoisotopic (exact) mass is 390 g/mol. The fourth-order valence-electron chi connectivity index (χ4n) is 3.50. The summed E-state index contributed by atoms with van der Waals surface area (Å²) in [4.78, 5) is 30.8. The highest BCUT2D eigenvalue weighted by atomic mass is 16.5. The van der Waals surface area contributed by atoms with Crippen molar-refractivity contribution in [3.8, 4) is 5.69 Å². The summed E-state index contributed by atoms with van der Waals surface area (Å²) in [5.74, 6) is 0. The number of aromatic nitrogens is 4. The SMILES string of the molecule is COCCn1c(=O)c2c(ncn2Cc2cccc(C)c2)n(-c2ccccc2)c1=O. The van der Waals surface area contributed by atoms with Crippen LogP contribution < -0.4 is 11.2 Å². The Morgan fingerprint density at radius 3 is 2.55 bits per heavy atom. The third-order valence-corrected chi connectivity index (χ3v) is 4.87. The Hall–Kier alpha value is -3.45. The summed E-state index contributed by atoms with van der Waals surface area (Å²) in [7, 11) is 1.54. The predicted octanol–water partition coefficient (Wildman–Crippen LogP) is 2.35. The predicted molar refractivity (Wildman–Crippen MR) is 112 cm³/mol. The molecule has 7 nitrogen and oxygen atoms in total. The maximum atomic E-state index is 13.2. The van der Waals surface area contributed by atoms with E-state index >= 15 is 0 Å². The van der Waals surface area contributed by atoms with Gasteiger partial charge in [0.1, 0.15) is 0 Å². The Kier molecular flexibility index (Phi) is 5.14. The highest BCUT2D eigenvalue weighted by Gasteiger charge is 2.19. The van der Waals surface area contributed by atoms with Crippen LogP contribution in [0.15, 0.2) is 70.5 Å². The van der Waals surface area contributed by atoms with Crippen molar-refractivity contribution >= 4 is 11.2 Å². The summed E-state index contributed by atoms with van der Waals surface area (Å²) in [5, 5.41) is 0. The van der Waals surface area contributed by atoms with Crippen molar-refractivity contribution in [2.75, 3.05) is 13.7 Å². The quantitative estimate of drug-likeness (QED) is 0.507.